The summed E-state index contributed by atoms with van der Waals surface area (Å²) < 4.78 is 31.8. The van der Waals surface area contributed by atoms with Crippen molar-refractivity contribution in [1.29, 1.82) is 0 Å². The number of aliphatic hydroxyl groups is 1. The van der Waals surface area contributed by atoms with Crippen LogP contribution in [0.4, 0.5) is 5.69 Å². The van der Waals surface area contributed by atoms with Crippen molar-refractivity contribution < 1.29 is 18.3 Å². The second kappa shape index (κ2) is 7.06. The molecule has 0 spiro atoms. The molecule has 0 amide bonds. The van der Waals surface area contributed by atoms with Crippen LogP contribution in [0.1, 0.15) is 6.42 Å². The molecule has 0 fully saturated rings. The largest absolute Gasteiger partial charge is 0.398 e. The predicted octanol–water partition coefficient (Wildman–Crippen LogP) is 0.598. The van der Waals surface area contributed by atoms with Gasteiger partial charge in [-0.3, -0.25) is 0 Å². The smallest absolute Gasteiger partial charge is 0.244 e. The minimum atomic E-state index is -3.86. The van der Waals surface area contributed by atoms with Crippen LogP contribution in [0, 0.1) is 0 Å². The van der Waals surface area contributed by atoms with Crippen molar-refractivity contribution in [3.8, 4) is 0 Å². The van der Waals surface area contributed by atoms with Gasteiger partial charge in [0.1, 0.15) is 4.90 Å². The fraction of sp³-hybridized carbons (Fsp3) is 0.455. The van der Waals surface area contributed by atoms with Crippen molar-refractivity contribution in [3.63, 3.8) is 0 Å². The molecule has 0 radical (unpaired) electrons. The van der Waals surface area contributed by atoms with E-state index in [0.717, 1.165) is 0 Å². The Hall–Kier alpha value is -0.860. The van der Waals surface area contributed by atoms with Crippen molar-refractivity contribution in [1.82, 2.24) is 4.72 Å². The fourth-order valence-corrected chi connectivity index (χ4v) is 3.55. The molecular weight excluding hydrogens is 292 g/mol. The molecule has 0 aliphatic carbocycles. The minimum Gasteiger partial charge on any atom is -0.398 e. The number of halogens is 1. The van der Waals surface area contributed by atoms with Crippen LogP contribution in [0.2, 0.25) is 5.02 Å². The zero-order valence-corrected chi connectivity index (χ0v) is 12.0. The summed E-state index contributed by atoms with van der Waals surface area (Å²) >= 11 is 5.87. The lowest BCUT2D eigenvalue weighted by atomic mass is 10.2. The van der Waals surface area contributed by atoms with Gasteiger partial charge in [-0.2, -0.15) is 0 Å². The molecule has 0 aliphatic rings. The summed E-state index contributed by atoms with van der Waals surface area (Å²) in [6.07, 6.45) is 0.234. The Morgan fingerprint density at radius 1 is 1.53 bits per heavy atom. The van der Waals surface area contributed by atoms with Gasteiger partial charge in [0.25, 0.3) is 0 Å². The van der Waals surface area contributed by atoms with E-state index in [2.05, 4.69) is 4.72 Å². The van der Waals surface area contributed by atoms with Crippen molar-refractivity contribution >= 4 is 27.3 Å². The van der Waals surface area contributed by atoms with E-state index in [1.54, 1.807) is 6.07 Å². The predicted molar refractivity (Wildman–Crippen MR) is 73.6 cm³/mol. The van der Waals surface area contributed by atoms with Crippen molar-refractivity contribution in [3.05, 3.63) is 23.2 Å². The maximum atomic E-state index is 12.2. The number of hydrogen-bond acceptors (Lipinski definition) is 5. The van der Waals surface area contributed by atoms with Crippen LogP contribution in [-0.2, 0) is 14.8 Å². The Bertz CT molecular complexity index is 495. The molecule has 0 saturated carbocycles. The van der Waals surface area contributed by atoms with Crippen LogP contribution in [0.25, 0.3) is 0 Å². The van der Waals surface area contributed by atoms with E-state index in [1.165, 1.54) is 19.2 Å². The number of ether oxygens (including phenoxy) is 1. The second-order valence-corrected chi connectivity index (χ2v) is 6.00. The topological polar surface area (TPSA) is 102 Å². The van der Waals surface area contributed by atoms with Gasteiger partial charge in [-0.05, 0) is 18.6 Å². The third kappa shape index (κ3) is 4.32. The van der Waals surface area contributed by atoms with E-state index < -0.39 is 16.1 Å². The number of methoxy groups -OCH3 is 1. The van der Waals surface area contributed by atoms with Crippen LogP contribution in [0.15, 0.2) is 23.1 Å². The molecular formula is C11H17ClN2O4S. The highest BCUT2D eigenvalue weighted by atomic mass is 35.5. The van der Waals surface area contributed by atoms with Crippen molar-refractivity contribution in [2.75, 3.05) is 26.1 Å². The number of nitrogens with two attached hydrogens (primary N) is 1. The fourth-order valence-electron chi connectivity index (χ4n) is 1.62. The van der Waals surface area contributed by atoms with E-state index in [0.29, 0.717) is 0 Å². The summed E-state index contributed by atoms with van der Waals surface area (Å²) in [5, 5.41) is 8.95. The van der Waals surface area contributed by atoms with Crippen LogP contribution >= 0.6 is 11.6 Å². The average Bonchev–Trinajstić information content (AvgIpc) is 2.28. The summed E-state index contributed by atoms with van der Waals surface area (Å²) in [5.74, 6) is 0. The van der Waals surface area contributed by atoms with E-state index in [1.807, 2.05) is 0 Å². The number of nitrogen functional groups attached to an aromatic ring is 1. The highest BCUT2D eigenvalue weighted by Gasteiger charge is 2.24. The van der Waals surface area contributed by atoms with Gasteiger partial charge in [-0.1, -0.05) is 17.7 Å². The third-order valence-corrected chi connectivity index (χ3v) is 4.50. The number of nitrogens with one attached hydrogen (secondary N) is 1. The Balaban J connectivity index is 3.03. The quantitative estimate of drug-likeness (QED) is 0.640. The zero-order valence-electron chi connectivity index (χ0n) is 10.5. The number of anilines is 1. The first-order valence-corrected chi connectivity index (χ1v) is 7.44. The third-order valence-electron chi connectivity index (χ3n) is 2.43. The standard InChI is InChI=1S/C11H17ClN2O4S/c1-18-7-8(5-6-15)14-19(16,17)11-9(12)3-2-4-10(11)13/h2-4,8,14-15H,5-7,13H2,1H3. The highest BCUT2D eigenvalue weighted by molar-refractivity contribution is 7.89. The molecule has 1 aromatic carbocycles. The second-order valence-electron chi connectivity index (χ2n) is 3.94. The van der Waals surface area contributed by atoms with Gasteiger partial charge in [-0.25, -0.2) is 13.1 Å². The molecule has 0 saturated heterocycles. The average molecular weight is 309 g/mol. The van der Waals surface area contributed by atoms with Gasteiger partial charge in [0, 0.05) is 19.8 Å². The minimum absolute atomic E-state index is 0.0488. The number of hydrogen-bond donors (Lipinski definition) is 3. The van der Waals surface area contributed by atoms with Gasteiger partial charge in [-0.15, -0.1) is 0 Å². The van der Waals surface area contributed by atoms with Gasteiger partial charge in [0.05, 0.1) is 17.3 Å². The molecule has 1 atom stereocenters. The molecule has 6 nitrogen and oxygen atoms in total. The maximum Gasteiger partial charge on any atom is 0.244 e. The lowest BCUT2D eigenvalue weighted by Crippen LogP contribution is -2.39. The first kappa shape index (κ1) is 16.2. The van der Waals surface area contributed by atoms with Crippen LogP contribution in [0.5, 0.6) is 0 Å². The van der Waals surface area contributed by atoms with Crippen molar-refractivity contribution in [2.24, 2.45) is 0 Å². The Morgan fingerprint density at radius 2 is 2.21 bits per heavy atom. The molecule has 1 unspecified atom stereocenters. The SMILES string of the molecule is COCC(CCO)NS(=O)(=O)c1c(N)cccc1Cl. The number of rotatable bonds is 7. The molecule has 1 rings (SSSR count). The maximum absolute atomic E-state index is 12.2. The summed E-state index contributed by atoms with van der Waals surface area (Å²) in [6.45, 7) is -0.0152. The monoisotopic (exact) mass is 308 g/mol. The number of sulfonamides is 1. The molecule has 108 valence electrons. The van der Waals surface area contributed by atoms with E-state index in [9.17, 15) is 8.42 Å². The van der Waals surface area contributed by atoms with Crippen molar-refractivity contribution in [2.45, 2.75) is 17.4 Å². The molecule has 0 aromatic heterocycles. The Labute approximate surface area is 117 Å². The molecule has 0 bridgehead atoms. The van der Waals surface area contributed by atoms with E-state index in [-0.39, 0.29) is 35.2 Å². The summed E-state index contributed by atoms with van der Waals surface area (Å²) in [6, 6.07) is 3.93. The summed E-state index contributed by atoms with van der Waals surface area (Å²) in [4.78, 5) is -0.157. The van der Waals surface area contributed by atoms with Crippen LogP contribution < -0.4 is 10.5 Å². The molecule has 4 N–H and O–H groups in total. The summed E-state index contributed by atoms with van der Waals surface area (Å²) in [7, 11) is -2.42. The first-order chi connectivity index (χ1) is 8.92. The lowest BCUT2D eigenvalue weighted by Gasteiger charge is -2.18. The van der Waals surface area contributed by atoms with E-state index >= 15 is 0 Å². The molecule has 8 heteroatoms. The highest BCUT2D eigenvalue weighted by Crippen LogP contribution is 2.27. The Morgan fingerprint density at radius 3 is 2.74 bits per heavy atom. The van der Waals surface area contributed by atoms with Gasteiger partial charge >= 0.3 is 0 Å². The molecule has 0 aliphatic heterocycles. The zero-order chi connectivity index (χ0) is 14.5. The molecule has 1 aromatic rings. The normalized spacial score (nSPS) is 13.4. The van der Waals surface area contributed by atoms with Gasteiger partial charge < -0.3 is 15.6 Å². The van der Waals surface area contributed by atoms with Crippen LogP contribution in [-0.4, -0.2) is 39.9 Å². The summed E-state index contributed by atoms with van der Waals surface area (Å²) in [5.41, 5.74) is 5.72. The van der Waals surface area contributed by atoms with Gasteiger partial charge in [0.2, 0.25) is 10.0 Å². The number of aliphatic hydroxyl groups excluding tert-OH is 1. The number of benzene rings is 1. The molecule has 19 heavy (non-hydrogen) atoms. The molecule has 0 heterocycles. The van der Waals surface area contributed by atoms with E-state index in [4.69, 9.17) is 27.2 Å². The Kier molecular flexibility index (Phi) is 6.02. The lowest BCUT2D eigenvalue weighted by molar-refractivity contribution is 0.158. The van der Waals surface area contributed by atoms with Gasteiger partial charge in [0.15, 0.2) is 0 Å². The van der Waals surface area contributed by atoms with Crippen LogP contribution in [0.3, 0.4) is 0 Å². The first-order valence-electron chi connectivity index (χ1n) is 5.58.